The van der Waals surface area contributed by atoms with E-state index in [9.17, 15) is 18.9 Å². The van der Waals surface area contributed by atoms with E-state index in [4.69, 9.17) is 4.74 Å². The van der Waals surface area contributed by atoms with Gasteiger partial charge in [0.25, 0.3) is 0 Å². The summed E-state index contributed by atoms with van der Waals surface area (Å²) >= 11 is 0. The van der Waals surface area contributed by atoms with E-state index in [2.05, 4.69) is 4.99 Å². The highest BCUT2D eigenvalue weighted by atomic mass is 19.2. The fraction of sp³-hybridized carbons (Fsp3) is 0.188. The van der Waals surface area contributed by atoms with Gasteiger partial charge >= 0.3 is 5.69 Å². The molecule has 0 aliphatic carbocycles. The first-order valence-corrected chi connectivity index (χ1v) is 6.93. The predicted octanol–water partition coefficient (Wildman–Crippen LogP) is 4.70. The van der Waals surface area contributed by atoms with Crippen molar-refractivity contribution >= 4 is 17.1 Å². The van der Waals surface area contributed by atoms with Gasteiger partial charge in [-0.3, -0.25) is 15.1 Å². The van der Waals surface area contributed by atoms with E-state index < -0.39 is 22.2 Å². The van der Waals surface area contributed by atoms with Crippen LogP contribution in [0.25, 0.3) is 0 Å². The van der Waals surface area contributed by atoms with Gasteiger partial charge in [0.05, 0.1) is 16.7 Å². The average Bonchev–Trinajstić information content (AvgIpc) is 2.50. The molecule has 0 spiro atoms. The minimum Gasteiger partial charge on any atom is -0.450 e. The van der Waals surface area contributed by atoms with Crippen LogP contribution >= 0.6 is 0 Å². The Balaban J connectivity index is 2.06. The lowest BCUT2D eigenvalue weighted by Gasteiger charge is -2.17. The maximum Gasteiger partial charge on any atom is 0.314 e. The second-order valence-electron chi connectivity index (χ2n) is 5.19. The summed E-state index contributed by atoms with van der Waals surface area (Å²) in [5.41, 5.74) is 1.86. The van der Waals surface area contributed by atoms with Gasteiger partial charge < -0.3 is 4.74 Å². The first kappa shape index (κ1) is 15.1. The monoisotopic (exact) mass is 318 g/mol. The van der Waals surface area contributed by atoms with Gasteiger partial charge in [0.15, 0.2) is 11.6 Å². The number of ether oxygens (including phenoxy) is 1. The number of nitro benzene ring substituents is 1. The number of nitrogens with zero attached hydrogens (tertiary/aromatic N) is 2. The first-order chi connectivity index (χ1) is 11.0. The van der Waals surface area contributed by atoms with Gasteiger partial charge in [-0.15, -0.1) is 0 Å². The van der Waals surface area contributed by atoms with Gasteiger partial charge in [0.2, 0.25) is 5.75 Å². The lowest BCUT2D eigenvalue weighted by Crippen LogP contribution is -2.04. The topological polar surface area (TPSA) is 64.7 Å². The molecule has 7 heteroatoms. The molecule has 0 N–H and O–H groups in total. The molecule has 1 aliphatic rings. The van der Waals surface area contributed by atoms with Crippen LogP contribution in [0.5, 0.6) is 11.5 Å². The summed E-state index contributed by atoms with van der Waals surface area (Å²) < 4.78 is 32.2. The SMILES string of the molecule is CC1=Nc2cccc(Oc3cc(F)c(F)cc3[N+](=O)[O-])c2CC1. The normalized spacial score (nSPS) is 13.3. The van der Waals surface area contributed by atoms with Gasteiger partial charge in [-0.05, 0) is 31.9 Å². The quantitative estimate of drug-likeness (QED) is 0.608. The molecule has 2 aromatic rings. The third-order valence-electron chi connectivity index (χ3n) is 3.57. The van der Waals surface area contributed by atoms with Crippen LogP contribution < -0.4 is 4.74 Å². The molecule has 0 saturated heterocycles. The largest absolute Gasteiger partial charge is 0.450 e. The number of fused-ring (bicyclic) bond motifs is 1. The molecular weight excluding hydrogens is 306 g/mol. The Kier molecular flexibility index (Phi) is 3.77. The van der Waals surface area contributed by atoms with Crippen LogP contribution in [0.15, 0.2) is 35.3 Å². The molecule has 1 heterocycles. The Morgan fingerprint density at radius 1 is 1.17 bits per heavy atom. The van der Waals surface area contributed by atoms with Crippen LogP contribution in [0.3, 0.4) is 0 Å². The highest BCUT2D eigenvalue weighted by Gasteiger charge is 2.22. The highest BCUT2D eigenvalue weighted by molar-refractivity contribution is 5.87. The summed E-state index contributed by atoms with van der Waals surface area (Å²) in [6.45, 7) is 1.91. The molecule has 0 radical (unpaired) electrons. The molecule has 118 valence electrons. The van der Waals surface area contributed by atoms with Gasteiger partial charge in [-0.1, -0.05) is 6.07 Å². The molecule has 5 nitrogen and oxygen atoms in total. The Bertz CT molecular complexity index is 834. The number of hydrogen-bond acceptors (Lipinski definition) is 4. The van der Waals surface area contributed by atoms with Crippen molar-refractivity contribution in [1.82, 2.24) is 0 Å². The van der Waals surface area contributed by atoms with Crippen molar-refractivity contribution in [2.75, 3.05) is 0 Å². The predicted molar refractivity (Wildman–Crippen MR) is 80.6 cm³/mol. The third kappa shape index (κ3) is 2.90. The fourth-order valence-electron chi connectivity index (χ4n) is 2.43. The molecule has 0 amide bonds. The van der Waals surface area contributed by atoms with Crippen LogP contribution in [-0.2, 0) is 6.42 Å². The molecule has 0 bridgehead atoms. The van der Waals surface area contributed by atoms with Crippen molar-refractivity contribution in [2.24, 2.45) is 4.99 Å². The maximum absolute atomic E-state index is 13.4. The maximum atomic E-state index is 13.4. The van der Waals surface area contributed by atoms with Gasteiger partial charge in [-0.2, -0.15) is 0 Å². The van der Waals surface area contributed by atoms with Crippen molar-refractivity contribution in [2.45, 2.75) is 19.8 Å². The Labute approximate surface area is 130 Å². The fourth-order valence-corrected chi connectivity index (χ4v) is 2.43. The van der Waals surface area contributed by atoms with Crippen LogP contribution in [-0.4, -0.2) is 10.6 Å². The van der Waals surface area contributed by atoms with Gasteiger partial charge in [0, 0.05) is 17.3 Å². The Hall–Kier alpha value is -2.83. The summed E-state index contributed by atoms with van der Waals surface area (Å²) in [6, 6.07) is 6.33. The number of rotatable bonds is 3. The van der Waals surface area contributed by atoms with E-state index in [0.717, 1.165) is 23.4 Å². The summed E-state index contributed by atoms with van der Waals surface area (Å²) in [4.78, 5) is 14.6. The van der Waals surface area contributed by atoms with E-state index in [1.54, 1.807) is 12.1 Å². The molecule has 2 aromatic carbocycles. The summed E-state index contributed by atoms with van der Waals surface area (Å²) in [5.74, 6) is -2.48. The number of benzene rings is 2. The molecule has 0 fully saturated rings. The van der Waals surface area contributed by atoms with Crippen molar-refractivity contribution < 1.29 is 18.4 Å². The van der Waals surface area contributed by atoms with Crippen LogP contribution in [0.1, 0.15) is 18.9 Å². The zero-order chi connectivity index (χ0) is 16.6. The zero-order valence-electron chi connectivity index (χ0n) is 12.2. The molecule has 0 unspecified atom stereocenters. The van der Waals surface area contributed by atoms with E-state index >= 15 is 0 Å². The zero-order valence-corrected chi connectivity index (χ0v) is 12.2. The highest BCUT2D eigenvalue weighted by Crippen LogP contribution is 2.39. The number of halogens is 2. The van der Waals surface area contributed by atoms with Crippen molar-refractivity contribution in [3.8, 4) is 11.5 Å². The van der Waals surface area contributed by atoms with E-state index in [0.29, 0.717) is 24.3 Å². The van der Waals surface area contributed by atoms with Crippen LogP contribution in [0, 0.1) is 21.7 Å². The lowest BCUT2D eigenvalue weighted by atomic mass is 10.0. The summed E-state index contributed by atoms with van der Waals surface area (Å²) in [5, 5.41) is 11.0. The van der Waals surface area contributed by atoms with Crippen molar-refractivity contribution in [1.29, 1.82) is 0 Å². The van der Waals surface area contributed by atoms with Gasteiger partial charge in [0.1, 0.15) is 5.75 Å². The molecular formula is C16H12F2N2O3. The molecule has 3 rings (SSSR count). The number of hydrogen-bond donors (Lipinski definition) is 0. The minimum absolute atomic E-state index is 0.339. The smallest absolute Gasteiger partial charge is 0.314 e. The Morgan fingerprint density at radius 3 is 2.65 bits per heavy atom. The minimum atomic E-state index is -1.29. The number of aliphatic imine (C=N–C) groups is 1. The van der Waals surface area contributed by atoms with E-state index in [1.807, 2.05) is 13.0 Å². The molecule has 0 aromatic heterocycles. The van der Waals surface area contributed by atoms with E-state index in [1.165, 1.54) is 0 Å². The average molecular weight is 318 g/mol. The van der Waals surface area contributed by atoms with E-state index in [-0.39, 0.29) is 5.75 Å². The summed E-state index contributed by atoms with van der Waals surface area (Å²) in [7, 11) is 0. The van der Waals surface area contributed by atoms with Crippen molar-refractivity contribution in [3.05, 3.63) is 57.6 Å². The van der Waals surface area contributed by atoms with Gasteiger partial charge in [-0.25, -0.2) is 8.78 Å². The molecule has 0 saturated carbocycles. The van der Waals surface area contributed by atoms with Crippen LogP contribution in [0.4, 0.5) is 20.2 Å². The summed E-state index contributed by atoms with van der Waals surface area (Å²) in [6.07, 6.45) is 1.41. The lowest BCUT2D eigenvalue weighted by molar-refractivity contribution is -0.385. The van der Waals surface area contributed by atoms with Crippen LogP contribution in [0.2, 0.25) is 0 Å². The Morgan fingerprint density at radius 2 is 1.91 bits per heavy atom. The molecule has 1 aliphatic heterocycles. The van der Waals surface area contributed by atoms with Crippen molar-refractivity contribution in [3.63, 3.8) is 0 Å². The standard InChI is InChI=1S/C16H12F2N2O3/c1-9-5-6-10-13(19-9)3-2-4-15(10)23-16-8-12(18)11(17)7-14(16)20(21)22/h2-4,7-8H,5-6H2,1H3. The second kappa shape index (κ2) is 5.75. The molecule has 23 heavy (non-hydrogen) atoms. The first-order valence-electron chi connectivity index (χ1n) is 6.93. The second-order valence-corrected chi connectivity index (χ2v) is 5.19. The third-order valence-corrected chi connectivity index (χ3v) is 3.57. The molecule has 0 atom stereocenters. The number of nitro groups is 1.